The van der Waals surface area contributed by atoms with Crippen LogP contribution in [0.1, 0.15) is 58.7 Å². The van der Waals surface area contributed by atoms with Crippen molar-refractivity contribution in [1.29, 1.82) is 0 Å². The van der Waals surface area contributed by atoms with E-state index in [4.69, 9.17) is 21.9 Å². The van der Waals surface area contributed by atoms with E-state index in [2.05, 4.69) is 0 Å². The lowest BCUT2D eigenvalue weighted by atomic mass is 9.97. The van der Waals surface area contributed by atoms with Crippen LogP contribution in [-0.2, 0) is 0 Å². The Morgan fingerprint density at radius 1 is 0.690 bits per heavy atom. The number of nitrogens with two attached hydrogens (primary N) is 2. The normalized spacial score (nSPS) is 9.48. The predicted molar refractivity (Wildman–Crippen MR) is 100 cm³/mol. The van der Waals surface area contributed by atoms with Gasteiger partial charge in [-0.05, 0) is 31.2 Å². The van der Waals surface area contributed by atoms with Gasteiger partial charge in [-0.15, -0.1) is 0 Å². The minimum Gasteiger partial charge on any atom is -0.478 e. The average molecular weight is 402 g/mol. The molecule has 0 aliphatic carbocycles. The summed E-state index contributed by atoms with van der Waals surface area (Å²) in [7, 11) is 0. The number of amides is 2. The fourth-order valence-electron chi connectivity index (χ4n) is 2.32. The number of nitrogens with one attached hydrogen (secondary N) is 2. The van der Waals surface area contributed by atoms with Gasteiger partial charge in [-0.25, -0.2) is 21.3 Å². The van der Waals surface area contributed by atoms with Gasteiger partial charge >= 0.3 is 11.9 Å². The number of carboxylic acid groups (broad SMARTS) is 2. The van der Waals surface area contributed by atoms with Crippen molar-refractivity contribution in [2.24, 2.45) is 11.7 Å². The molecule has 11 heteroatoms. The van der Waals surface area contributed by atoms with Gasteiger partial charge in [-0.2, -0.15) is 0 Å². The van der Waals surface area contributed by atoms with Gasteiger partial charge in [0, 0.05) is 5.56 Å². The predicted octanol–water partition coefficient (Wildman–Crippen LogP) is 0.179. The van der Waals surface area contributed by atoms with Crippen LogP contribution in [0.3, 0.4) is 0 Å². The van der Waals surface area contributed by atoms with Crippen LogP contribution in [0.5, 0.6) is 0 Å². The molecular formula is C18H18N4O7. The number of carboxylic acids is 2. The van der Waals surface area contributed by atoms with Crippen LogP contribution in [0.15, 0.2) is 42.5 Å². The second kappa shape index (κ2) is 10.3. The number of ketones is 1. The van der Waals surface area contributed by atoms with Crippen molar-refractivity contribution in [2.45, 2.75) is 6.92 Å². The minimum atomic E-state index is -1.23. The number of benzene rings is 2. The molecule has 11 nitrogen and oxygen atoms in total. The zero-order valence-electron chi connectivity index (χ0n) is 15.1. The summed E-state index contributed by atoms with van der Waals surface area (Å²) >= 11 is 0. The number of aromatic carboxylic acids is 2. The van der Waals surface area contributed by atoms with Crippen LogP contribution in [0.25, 0.3) is 0 Å². The quantitative estimate of drug-likeness (QED) is 0.174. The van der Waals surface area contributed by atoms with Gasteiger partial charge in [0.05, 0.1) is 22.3 Å². The van der Waals surface area contributed by atoms with Crippen molar-refractivity contribution in [3.63, 3.8) is 0 Å². The molecule has 29 heavy (non-hydrogen) atoms. The van der Waals surface area contributed by atoms with E-state index in [0.717, 1.165) is 0 Å². The summed E-state index contributed by atoms with van der Waals surface area (Å²) in [6.07, 6.45) is 0. The molecule has 0 aromatic heterocycles. The van der Waals surface area contributed by atoms with E-state index in [-0.39, 0.29) is 27.8 Å². The number of rotatable bonds is 5. The highest BCUT2D eigenvalue weighted by Gasteiger charge is 2.21. The Balaban J connectivity index is 0.000000308. The van der Waals surface area contributed by atoms with Crippen LogP contribution < -0.4 is 22.5 Å². The van der Waals surface area contributed by atoms with Gasteiger partial charge in [0.2, 0.25) is 0 Å². The Morgan fingerprint density at radius 3 is 1.31 bits per heavy atom. The maximum atomic E-state index is 11.5. The van der Waals surface area contributed by atoms with Gasteiger partial charge in [0.1, 0.15) is 0 Å². The first-order valence-corrected chi connectivity index (χ1v) is 7.87. The van der Waals surface area contributed by atoms with E-state index >= 15 is 0 Å². The Labute approximate surface area is 164 Å². The van der Waals surface area contributed by atoms with Gasteiger partial charge in [0.25, 0.3) is 11.8 Å². The van der Waals surface area contributed by atoms with E-state index in [9.17, 15) is 24.0 Å². The fraction of sp³-hybridized carbons (Fsp3) is 0.0556. The highest BCUT2D eigenvalue weighted by molar-refractivity contribution is 6.14. The Hall–Kier alpha value is -4.09. The maximum absolute atomic E-state index is 11.5. The molecule has 152 valence electrons. The molecule has 0 saturated heterocycles. The summed E-state index contributed by atoms with van der Waals surface area (Å²) in [5.41, 5.74) is 3.48. The van der Waals surface area contributed by atoms with E-state index < -0.39 is 29.5 Å². The lowest BCUT2D eigenvalue weighted by Crippen LogP contribution is -2.34. The first-order valence-electron chi connectivity index (χ1n) is 7.87. The molecule has 0 aliphatic rings. The Bertz CT molecular complexity index is 905. The zero-order chi connectivity index (χ0) is 22.1. The summed E-state index contributed by atoms with van der Waals surface area (Å²) in [4.78, 5) is 55.3. The standard InChI is InChI=1S/C10H12N4O3.C8H6O4/c1-5(15)8-6(9(16)13-11)3-2-4-7(8)10(17)14-12;9-7(10)5-3-1-2-4-6(5)8(11)12/h2-4H,11-12H2,1H3,(H,13,16)(H,14,17);1-4H,(H,9,10)(H,11,12). The van der Waals surface area contributed by atoms with Gasteiger partial charge in [-0.1, -0.05) is 18.2 Å². The Kier molecular flexibility index (Phi) is 8.15. The molecule has 0 radical (unpaired) electrons. The Morgan fingerprint density at radius 2 is 1.03 bits per heavy atom. The zero-order valence-corrected chi connectivity index (χ0v) is 15.1. The molecule has 0 fully saturated rings. The average Bonchev–Trinajstić information content (AvgIpc) is 2.72. The fourth-order valence-corrected chi connectivity index (χ4v) is 2.32. The van der Waals surface area contributed by atoms with Crippen molar-refractivity contribution in [3.8, 4) is 0 Å². The van der Waals surface area contributed by atoms with E-state index in [1.807, 2.05) is 10.9 Å². The van der Waals surface area contributed by atoms with E-state index in [0.29, 0.717) is 0 Å². The minimum absolute atomic E-state index is 0.0154. The van der Waals surface area contributed by atoms with Gasteiger partial charge < -0.3 is 10.2 Å². The van der Waals surface area contributed by atoms with Crippen molar-refractivity contribution in [3.05, 3.63) is 70.3 Å². The third kappa shape index (κ3) is 5.69. The summed E-state index contributed by atoms with van der Waals surface area (Å²) in [5.74, 6) is 5.80. The first kappa shape index (κ1) is 23.0. The summed E-state index contributed by atoms with van der Waals surface area (Å²) in [6, 6.07) is 9.73. The third-order valence-electron chi connectivity index (χ3n) is 3.56. The van der Waals surface area contributed by atoms with Gasteiger partial charge in [-0.3, -0.25) is 25.2 Å². The highest BCUT2D eigenvalue weighted by atomic mass is 16.4. The molecule has 0 unspecified atom stereocenters. The molecule has 0 atom stereocenters. The molecule has 0 saturated carbocycles. The van der Waals surface area contributed by atoms with Gasteiger partial charge in [0.15, 0.2) is 5.78 Å². The van der Waals surface area contributed by atoms with Crippen LogP contribution in [0.4, 0.5) is 0 Å². The topological polar surface area (TPSA) is 202 Å². The number of carbonyl (C=O) groups excluding carboxylic acids is 3. The first-order chi connectivity index (χ1) is 13.6. The van der Waals surface area contributed by atoms with E-state index in [1.165, 1.54) is 49.4 Å². The van der Waals surface area contributed by atoms with Crippen LogP contribution >= 0.6 is 0 Å². The highest BCUT2D eigenvalue weighted by Crippen LogP contribution is 2.16. The van der Waals surface area contributed by atoms with Crippen molar-refractivity contribution < 1.29 is 34.2 Å². The number of carbonyl (C=O) groups is 5. The smallest absolute Gasteiger partial charge is 0.336 e. The van der Waals surface area contributed by atoms with Crippen molar-refractivity contribution in [1.82, 2.24) is 10.9 Å². The van der Waals surface area contributed by atoms with Crippen LogP contribution in [0, 0.1) is 0 Å². The lowest BCUT2D eigenvalue weighted by Gasteiger charge is -2.10. The molecule has 0 spiro atoms. The molecule has 2 aromatic rings. The summed E-state index contributed by atoms with van der Waals surface area (Å²) in [5, 5.41) is 17.1. The summed E-state index contributed by atoms with van der Waals surface area (Å²) < 4.78 is 0. The monoisotopic (exact) mass is 402 g/mol. The van der Waals surface area contributed by atoms with Crippen molar-refractivity contribution in [2.75, 3.05) is 0 Å². The summed E-state index contributed by atoms with van der Waals surface area (Å²) in [6.45, 7) is 1.25. The molecule has 8 N–H and O–H groups in total. The molecule has 0 aliphatic heterocycles. The van der Waals surface area contributed by atoms with Crippen LogP contribution in [-0.4, -0.2) is 39.7 Å². The number of hydrogen-bond acceptors (Lipinski definition) is 7. The number of nitrogen functional groups attached to an aromatic ring is 2. The number of hydrogen-bond donors (Lipinski definition) is 6. The largest absolute Gasteiger partial charge is 0.478 e. The molecule has 0 bridgehead atoms. The molecule has 2 rings (SSSR count). The SMILES string of the molecule is CC(=O)c1c(C(=O)NN)cccc1C(=O)NN.O=C(O)c1ccccc1C(=O)O. The maximum Gasteiger partial charge on any atom is 0.336 e. The molecule has 2 amide bonds. The lowest BCUT2D eigenvalue weighted by molar-refractivity contribution is 0.0651. The number of hydrazine groups is 2. The third-order valence-corrected chi connectivity index (χ3v) is 3.56. The molecule has 2 aromatic carbocycles. The van der Waals surface area contributed by atoms with Crippen LogP contribution in [0.2, 0.25) is 0 Å². The molecule has 0 heterocycles. The molecular weight excluding hydrogens is 384 g/mol. The van der Waals surface area contributed by atoms with Crippen molar-refractivity contribution >= 4 is 29.5 Å². The second-order valence-corrected chi connectivity index (χ2v) is 5.39. The van der Waals surface area contributed by atoms with E-state index in [1.54, 1.807) is 0 Å². The second-order valence-electron chi connectivity index (χ2n) is 5.39. The number of Topliss-reactive ketones (excluding diaryl/α,β-unsaturated/α-hetero) is 1.